The van der Waals surface area contributed by atoms with E-state index in [1.165, 1.54) is 97.6 Å². The van der Waals surface area contributed by atoms with Crippen LogP contribution >= 0.6 is 0 Å². The Bertz CT molecular complexity index is 3080. The first kappa shape index (κ1) is 46.3. The van der Waals surface area contributed by atoms with Gasteiger partial charge in [-0.15, -0.1) is 0 Å². The van der Waals surface area contributed by atoms with E-state index in [2.05, 4.69) is 222 Å². The number of rotatable bonds is 9. The van der Waals surface area contributed by atoms with E-state index >= 15 is 0 Å². The fourth-order valence-corrected chi connectivity index (χ4v) is 16.1. The van der Waals surface area contributed by atoms with Crippen LogP contribution in [0.2, 0.25) is 0 Å². The Kier molecular flexibility index (Phi) is 12.6. The van der Waals surface area contributed by atoms with Crippen molar-refractivity contribution >= 4 is 0 Å². The van der Waals surface area contributed by atoms with Crippen molar-refractivity contribution in [3.05, 3.63) is 263 Å². The van der Waals surface area contributed by atoms with Gasteiger partial charge in [0.05, 0.1) is 0 Å². The summed E-state index contributed by atoms with van der Waals surface area (Å²) in [5, 5.41) is 0. The van der Waals surface area contributed by atoms with E-state index in [-0.39, 0.29) is 0 Å². The number of hydrogen-bond acceptors (Lipinski definition) is 2. The van der Waals surface area contributed by atoms with Gasteiger partial charge in [-0.3, -0.25) is 4.90 Å². The monoisotopic (exact) mass is 967 g/mol. The van der Waals surface area contributed by atoms with E-state index in [9.17, 15) is 0 Å². The van der Waals surface area contributed by atoms with E-state index < -0.39 is 0 Å². The van der Waals surface area contributed by atoms with Gasteiger partial charge in [0.1, 0.15) is 0 Å². The average Bonchev–Trinajstić information content (AvgIpc) is 4.02. The van der Waals surface area contributed by atoms with Gasteiger partial charge in [0.25, 0.3) is 0 Å². The lowest BCUT2D eigenvalue weighted by molar-refractivity contribution is 0.146. The zero-order chi connectivity index (χ0) is 49.0. The lowest BCUT2D eigenvalue weighted by atomic mass is 9.72. The zero-order valence-corrected chi connectivity index (χ0v) is 43.3. The Morgan fingerprint density at radius 3 is 2.01 bits per heavy atom. The molecule has 3 aromatic carbocycles. The fraction of sp³-hybridized carbons (Fsp3) is 0.361. The summed E-state index contributed by atoms with van der Waals surface area (Å²) in [5.41, 5.74) is 16.9. The van der Waals surface area contributed by atoms with Gasteiger partial charge in [-0.1, -0.05) is 212 Å². The first-order valence-corrected chi connectivity index (χ1v) is 29.1. The minimum atomic E-state index is 0.440. The topological polar surface area (TPSA) is 6.48 Å². The lowest BCUT2D eigenvalue weighted by Gasteiger charge is -2.42. The Balaban J connectivity index is 0.685. The summed E-state index contributed by atoms with van der Waals surface area (Å²) in [6, 6.07) is 32.4. The molecule has 9 aliphatic carbocycles. The number of fused-ring (bicyclic) bond motifs is 5. The molecule has 2 nitrogen and oxygen atoms in total. The highest BCUT2D eigenvalue weighted by Gasteiger charge is 2.51. The van der Waals surface area contributed by atoms with Crippen molar-refractivity contribution in [2.24, 2.45) is 29.6 Å². The predicted molar refractivity (Wildman–Crippen MR) is 308 cm³/mol. The maximum Gasteiger partial charge on any atom is 0.0477 e. The first-order valence-electron chi connectivity index (χ1n) is 29.1. The summed E-state index contributed by atoms with van der Waals surface area (Å²) >= 11 is 0. The Morgan fingerprint density at radius 2 is 1.23 bits per heavy atom. The number of allylic oxidation sites excluding steroid dienone is 20. The Labute approximate surface area is 442 Å². The molecule has 0 saturated carbocycles. The van der Waals surface area contributed by atoms with Crippen LogP contribution in [-0.2, 0) is 0 Å². The summed E-state index contributed by atoms with van der Waals surface area (Å²) in [7, 11) is 0. The van der Waals surface area contributed by atoms with Crippen LogP contribution in [0.1, 0.15) is 118 Å². The molecular formula is C72H74N2. The van der Waals surface area contributed by atoms with Gasteiger partial charge >= 0.3 is 0 Å². The van der Waals surface area contributed by atoms with Crippen LogP contribution in [0.25, 0.3) is 11.1 Å². The van der Waals surface area contributed by atoms with Crippen LogP contribution in [-0.4, -0.2) is 40.0 Å². The van der Waals surface area contributed by atoms with Crippen molar-refractivity contribution in [3.8, 4) is 11.1 Å². The highest BCUT2D eigenvalue weighted by molar-refractivity contribution is 5.66. The van der Waals surface area contributed by atoms with E-state index in [1.54, 1.807) is 28.0 Å². The van der Waals surface area contributed by atoms with Crippen molar-refractivity contribution in [2.75, 3.05) is 0 Å². The van der Waals surface area contributed by atoms with Gasteiger partial charge in [0.15, 0.2) is 0 Å². The van der Waals surface area contributed by atoms with Gasteiger partial charge in [0, 0.05) is 71.4 Å². The quantitative estimate of drug-likeness (QED) is 0.197. The molecule has 13 atom stereocenters. The van der Waals surface area contributed by atoms with Crippen LogP contribution in [0, 0.1) is 29.6 Å². The van der Waals surface area contributed by atoms with E-state index in [0.717, 1.165) is 19.3 Å². The molecule has 0 spiro atoms. The maximum atomic E-state index is 2.99. The van der Waals surface area contributed by atoms with Crippen LogP contribution in [0.3, 0.4) is 0 Å². The average molecular weight is 967 g/mol. The molecule has 13 unspecified atom stereocenters. The van der Waals surface area contributed by atoms with Crippen molar-refractivity contribution in [1.82, 2.24) is 9.80 Å². The van der Waals surface area contributed by atoms with Crippen LogP contribution in [0.15, 0.2) is 246 Å². The normalized spacial score (nSPS) is 34.7. The van der Waals surface area contributed by atoms with Crippen LogP contribution < -0.4 is 0 Å². The molecule has 0 radical (unpaired) electrons. The summed E-state index contributed by atoms with van der Waals surface area (Å²) in [5.74, 6) is 4.10. The molecule has 11 aliphatic rings. The maximum absolute atomic E-state index is 2.99. The molecule has 372 valence electrons. The van der Waals surface area contributed by atoms with Gasteiger partial charge < -0.3 is 4.90 Å². The SMILES string of the molecule is C1=CCC(C2=CC(c3ccccc3)CC(C3C=CC(N4C5=C(CCC=C5)C5C=C(C6=CCC7C(C6)C6C=CC=CC6N7C6C=CC(c7cc(-c8ccccc8)cc(C8C=CC=CC8)c7)CC6)CCC54)CC3)=C2)C=C1. The number of benzene rings is 3. The van der Waals surface area contributed by atoms with E-state index in [0.29, 0.717) is 77.6 Å². The molecule has 74 heavy (non-hydrogen) atoms. The van der Waals surface area contributed by atoms with E-state index in [1.807, 2.05) is 0 Å². The van der Waals surface area contributed by atoms with Crippen molar-refractivity contribution in [1.29, 1.82) is 0 Å². The molecule has 2 heterocycles. The minimum absolute atomic E-state index is 0.440. The molecule has 1 saturated heterocycles. The third-order valence-electron chi connectivity index (χ3n) is 19.7. The van der Waals surface area contributed by atoms with Crippen molar-refractivity contribution in [3.63, 3.8) is 0 Å². The number of hydrogen-bond donors (Lipinski definition) is 0. The molecule has 0 aromatic heterocycles. The molecule has 1 fully saturated rings. The molecule has 14 rings (SSSR count). The first-order chi connectivity index (χ1) is 36.7. The summed E-state index contributed by atoms with van der Waals surface area (Å²) < 4.78 is 0. The van der Waals surface area contributed by atoms with Gasteiger partial charge in [-0.2, -0.15) is 0 Å². The second-order valence-electron chi connectivity index (χ2n) is 23.7. The zero-order valence-electron chi connectivity index (χ0n) is 43.3. The number of nitrogens with zero attached hydrogens (tertiary/aromatic N) is 2. The third-order valence-corrected chi connectivity index (χ3v) is 19.7. The van der Waals surface area contributed by atoms with Gasteiger partial charge in [0.2, 0.25) is 0 Å². The molecular weight excluding hydrogens is 893 g/mol. The standard InChI is InChI=1S/C72H74N2/c1-5-17-49(18-6-1)57-41-58(50-19-7-2-8-20-50)44-61(43-57)53-29-35-63(36-30-53)73-69-27-15-13-25-65(69)67-47-55(33-39-71(67)73)56-34-40-72-68(48-56)66-26-14-16-28-70(66)74(72)64-37-31-54(32-38-64)62-45-59(51-21-9-3-10-22-51)42-60(46-62)52-23-11-4-12-24-52/h1-13,15-19,21-23,25,27-29,31,33,35,37,41-44,46,48,50,52-54,59,63-65,67-69,71-72H,14,20,24,26,30,32,34,36,38-40,45,47H2. The van der Waals surface area contributed by atoms with Gasteiger partial charge in [-0.25, -0.2) is 0 Å². The molecule has 0 bridgehead atoms. The van der Waals surface area contributed by atoms with Crippen LogP contribution in [0.4, 0.5) is 0 Å². The van der Waals surface area contributed by atoms with Crippen LogP contribution in [0.5, 0.6) is 0 Å². The highest BCUT2D eigenvalue weighted by atomic mass is 15.3. The van der Waals surface area contributed by atoms with E-state index in [4.69, 9.17) is 0 Å². The Morgan fingerprint density at radius 1 is 0.486 bits per heavy atom. The molecule has 3 aromatic rings. The summed E-state index contributed by atoms with van der Waals surface area (Å²) in [6.07, 6.45) is 69.9. The molecule has 2 heteroatoms. The lowest BCUT2D eigenvalue weighted by Crippen LogP contribution is -2.45. The molecule has 0 amide bonds. The second kappa shape index (κ2) is 20.1. The molecule has 0 N–H and O–H groups in total. The second-order valence-corrected chi connectivity index (χ2v) is 23.7. The minimum Gasteiger partial charge on any atom is -0.361 e. The Hall–Kier alpha value is -6.22. The number of likely N-dealkylation sites (tertiary alicyclic amines) is 1. The predicted octanol–water partition coefficient (Wildman–Crippen LogP) is 17.0. The smallest absolute Gasteiger partial charge is 0.0477 e. The van der Waals surface area contributed by atoms with Crippen molar-refractivity contribution < 1.29 is 0 Å². The largest absolute Gasteiger partial charge is 0.361 e. The summed E-state index contributed by atoms with van der Waals surface area (Å²) in [6.45, 7) is 0. The van der Waals surface area contributed by atoms with Gasteiger partial charge in [-0.05, 0) is 151 Å². The third kappa shape index (κ3) is 8.73. The summed E-state index contributed by atoms with van der Waals surface area (Å²) in [4.78, 5) is 5.92. The highest BCUT2D eigenvalue weighted by Crippen LogP contribution is 2.53. The van der Waals surface area contributed by atoms with Crippen molar-refractivity contribution in [2.45, 2.75) is 131 Å². The molecule has 2 aliphatic heterocycles. The fourth-order valence-electron chi connectivity index (χ4n) is 16.1.